The van der Waals surface area contributed by atoms with Crippen LogP contribution in [-0.2, 0) is 11.3 Å². The van der Waals surface area contributed by atoms with Crippen molar-refractivity contribution in [3.63, 3.8) is 0 Å². The van der Waals surface area contributed by atoms with Gasteiger partial charge in [0, 0.05) is 12.4 Å². The van der Waals surface area contributed by atoms with Crippen LogP contribution in [-0.4, -0.2) is 33.7 Å². The molecule has 0 radical (unpaired) electrons. The summed E-state index contributed by atoms with van der Waals surface area (Å²) in [5.41, 5.74) is 1.25. The lowest BCUT2D eigenvalue weighted by Crippen LogP contribution is -2.05. The monoisotopic (exact) mass is 345 g/mol. The molecule has 0 amide bonds. The molecule has 3 aromatic rings. The van der Waals surface area contributed by atoms with E-state index in [-0.39, 0.29) is 0 Å². The zero-order chi connectivity index (χ0) is 15.9. The summed E-state index contributed by atoms with van der Waals surface area (Å²) in [6.07, 6.45) is 0. The third kappa shape index (κ3) is 4.22. The summed E-state index contributed by atoms with van der Waals surface area (Å²) in [5, 5.41) is 11.8. The van der Waals surface area contributed by atoms with Crippen LogP contribution in [0.4, 0.5) is 0 Å². The number of rotatable bonds is 8. The molecule has 0 spiro atoms. The Morgan fingerprint density at radius 2 is 2.00 bits per heavy atom. The summed E-state index contributed by atoms with van der Waals surface area (Å²) in [5.74, 6) is 1.81. The number of thiophene rings is 1. The van der Waals surface area contributed by atoms with Gasteiger partial charge in [-0.3, -0.25) is 4.57 Å². The molecule has 0 atom stereocenters. The first-order valence-electron chi connectivity index (χ1n) is 7.60. The molecular weight excluding hydrogens is 326 g/mol. The van der Waals surface area contributed by atoms with Crippen LogP contribution >= 0.6 is 23.1 Å². The molecule has 1 aromatic carbocycles. The number of benzene rings is 1. The highest BCUT2D eigenvalue weighted by atomic mass is 32.2. The number of hydrogen-bond donors (Lipinski definition) is 0. The molecule has 3 rings (SSSR count). The minimum atomic E-state index is 0.730. The minimum absolute atomic E-state index is 0.730. The first kappa shape index (κ1) is 16.2. The van der Waals surface area contributed by atoms with E-state index in [0.29, 0.717) is 0 Å². The highest BCUT2D eigenvalue weighted by Gasteiger charge is 2.15. The molecule has 23 heavy (non-hydrogen) atoms. The van der Waals surface area contributed by atoms with E-state index in [0.717, 1.165) is 41.4 Å². The number of nitrogens with zero attached hydrogens (tertiary/aromatic N) is 3. The Kier molecular flexibility index (Phi) is 5.85. The molecular formula is C17H19N3OS2. The van der Waals surface area contributed by atoms with Gasteiger partial charge in [-0.15, -0.1) is 21.5 Å². The number of ether oxygens (including phenoxy) is 1. The van der Waals surface area contributed by atoms with Crippen molar-refractivity contribution in [3.05, 3.63) is 53.4 Å². The van der Waals surface area contributed by atoms with Crippen LogP contribution in [0.25, 0.3) is 10.7 Å². The van der Waals surface area contributed by atoms with E-state index in [1.54, 1.807) is 23.1 Å². The van der Waals surface area contributed by atoms with Gasteiger partial charge in [0.2, 0.25) is 0 Å². The lowest BCUT2D eigenvalue weighted by molar-refractivity contribution is 0.164. The SMILES string of the molecule is CCOCCSc1nnc(-c2cccs2)n1Cc1ccccc1. The predicted molar refractivity (Wildman–Crippen MR) is 96.1 cm³/mol. The second kappa shape index (κ2) is 8.29. The zero-order valence-corrected chi connectivity index (χ0v) is 14.6. The van der Waals surface area contributed by atoms with Crippen LogP contribution < -0.4 is 0 Å². The van der Waals surface area contributed by atoms with Crippen molar-refractivity contribution in [2.45, 2.75) is 18.6 Å². The second-order valence-electron chi connectivity index (χ2n) is 4.90. The van der Waals surface area contributed by atoms with Gasteiger partial charge < -0.3 is 4.74 Å². The molecule has 2 aromatic heterocycles. The lowest BCUT2D eigenvalue weighted by atomic mass is 10.2. The highest BCUT2D eigenvalue weighted by molar-refractivity contribution is 7.99. The summed E-state index contributed by atoms with van der Waals surface area (Å²) in [7, 11) is 0. The molecule has 0 fully saturated rings. The Labute approximate surface area is 144 Å². The summed E-state index contributed by atoms with van der Waals surface area (Å²) in [6.45, 7) is 4.26. The van der Waals surface area contributed by atoms with Gasteiger partial charge in [0.05, 0.1) is 18.0 Å². The van der Waals surface area contributed by atoms with E-state index < -0.39 is 0 Å². The van der Waals surface area contributed by atoms with Crippen LogP contribution in [0.15, 0.2) is 53.0 Å². The van der Waals surface area contributed by atoms with Crippen molar-refractivity contribution >= 4 is 23.1 Å². The highest BCUT2D eigenvalue weighted by Crippen LogP contribution is 2.28. The largest absolute Gasteiger partial charge is 0.381 e. The zero-order valence-electron chi connectivity index (χ0n) is 13.0. The molecule has 0 saturated heterocycles. The van der Waals surface area contributed by atoms with Gasteiger partial charge in [-0.25, -0.2) is 0 Å². The fraction of sp³-hybridized carbons (Fsp3) is 0.294. The average molecular weight is 345 g/mol. The quantitative estimate of drug-likeness (QED) is 0.453. The van der Waals surface area contributed by atoms with Crippen molar-refractivity contribution in [1.29, 1.82) is 0 Å². The molecule has 0 aliphatic carbocycles. The fourth-order valence-corrected chi connectivity index (χ4v) is 3.73. The standard InChI is InChI=1S/C17H19N3OS2/c1-2-21-10-12-23-17-19-18-16(15-9-6-11-22-15)20(17)13-14-7-4-3-5-8-14/h3-9,11H,2,10,12-13H2,1H3. The molecule has 0 aliphatic heterocycles. The molecule has 0 unspecified atom stereocenters. The van der Waals surface area contributed by atoms with Crippen LogP contribution in [0, 0.1) is 0 Å². The molecule has 120 valence electrons. The van der Waals surface area contributed by atoms with Gasteiger partial charge in [0.15, 0.2) is 11.0 Å². The topological polar surface area (TPSA) is 39.9 Å². The third-order valence-corrected chi connectivity index (χ3v) is 5.10. The van der Waals surface area contributed by atoms with Gasteiger partial charge in [0.1, 0.15) is 0 Å². The average Bonchev–Trinajstić information content (AvgIpc) is 3.23. The maximum Gasteiger partial charge on any atom is 0.191 e. The Morgan fingerprint density at radius 3 is 2.74 bits per heavy atom. The molecule has 0 saturated carbocycles. The van der Waals surface area contributed by atoms with Gasteiger partial charge >= 0.3 is 0 Å². The summed E-state index contributed by atoms with van der Waals surface area (Å²) < 4.78 is 7.61. The minimum Gasteiger partial charge on any atom is -0.381 e. The third-order valence-electron chi connectivity index (χ3n) is 3.30. The Hall–Kier alpha value is -1.63. The number of aromatic nitrogens is 3. The fourth-order valence-electron chi connectivity index (χ4n) is 2.23. The summed E-state index contributed by atoms with van der Waals surface area (Å²) in [6, 6.07) is 14.6. The van der Waals surface area contributed by atoms with Crippen LogP contribution in [0.5, 0.6) is 0 Å². The van der Waals surface area contributed by atoms with Crippen molar-refractivity contribution in [1.82, 2.24) is 14.8 Å². The lowest BCUT2D eigenvalue weighted by Gasteiger charge is -2.09. The first-order valence-corrected chi connectivity index (χ1v) is 9.46. The molecule has 0 aliphatic rings. The maximum atomic E-state index is 5.42. The molecule has 0 N–H and O–H groups in total. The van der Waals surface area contributed by atoms with Crippen LogP contribution in [0.2, 0.25) is 0 Å². The van der Waals surface area contributed by atoms with Crippen LogP contribution in [0.3, 0.4) is 0 Å². The number of hydrogen-bond acceptors (Lipinski definition) is 5. The van der Waals surface area contributed by atoms with E-state index in [1.165, 1.54) is 5.56 Å². The molecule has 6 heteroatoms. The normalized spacial score (nSPS) is 11.0. The van der Waals surface area contributed by atoms with Crippen molar-refractivity contribution in [3.8, 4) is 10.7 Å². The summed E-state index contributed by atoms with van der Waals surface area (Å²) >= 11 is 3.38. The maximum absolute atomic E-state index is 5.42. The number of thioether (sulfide) groups is 1. The summed E-state index contributed by atoms with van der Waals surface area (Å²) in [4.78, 5) is 1.14. The Bertz CT molecular complexity index is 711. The van der Waals surface area contributed by atoms with Gasteiger partial charge in [0.25, 0.3) is 0 Å². The van der Waals surface area contributed by atoms with E-state index >= 15 is 0 Å². The van der Waals surface area contributed by atoms with Gasteiger partial charge in [-0.1, -0.05) is 48.2 Å². The molecule has 0 bridgehead atoms. The van der Waals surface area contributed by atoms with Gasteiger partial charge in [-0.05, 0) is 23.9 Å². The van der Waals surface area contributed by atoms with Crippen LogP contribution in [0.1, 0.15) is 12.5 Å². The Balaban J connectivity index is 1.84. The van der Waals surface area contributed by atoms with Gasteiger partial charge in [-0.2, -0.15) is 0 Å². The van der Waals surface area contributed by atoms with E-state index in [4.69, 9.17) is 4.74 Å². The van der Waals surface area contributed by atoms with Crippen molar-refractivity contribution in [2.75, 3.05) is 19.0 Å². The van der Waals surface area contributed by atoms with Crippen molar-refractivity contribution < 1.29 is 4.74 Å². The first-order chi connectivity index (χ1) is 11.4. The van der Waals surface area contributed by atoms with E-state index in [9.17, 15) is 0 Å². The second-order valence-corrected chi connectivity index (χ2v) is 6.91. The predicted octanol–water partition coefficient (Wildman–Crippen LogP) is 4.18. The molecule has 4 nitrogen and oxygen atoms in total. The Morgan fingerprint density at radius 1 is 1.13 bits per heavy atom. The van der Waals surface area contributed by atoms with E-state index in [2.05, 4.69) is 50.5 Å². The smallest absolute Gasteiger partial charge is 0.191 e. The molecule has 2 heterocycles. The van der Waals surface area contributed by atoms with Crippen molar-refractivity contribution in [2.24, 2.45) is 0 Å². The van der Waals surface area contributed by atoms with E-state index in [1.807, 2.05) is 19.1 Å².